The van der Waals surface area contributed by atoms with Gasteiger partial charge in [0.15, 0.2) is 6.29 Å². The van der Waals surface area contributed by atoms with Gasteiger partial charge in [0.2, 0.25) is 0 Å². The predicted molar refractivity (Wildman–Crippen MR) is 79.1 cm³/mol. The highest BCUT2D eigenvalue weighted by Gasteiger charge is 2.12. The number of rotatable bonds is 4. The standard InChI is InChI=1S/C17H19NO2/c1-17(2,3)14-6-4-13(5-7-14)12-20-16-9-8-15(11-19)18-10-16/h4-11H,12H2,1-3H3. The van der Waals surface area contributed by atoms with Crippen LogP contribution < -0.4 is 4.74 Å². The van der Waals surface area contributed by atoms with E-state index in [2.05, 4.69) is 50.0 Å². The molecule has 2 aromatic rings. The summed E-state index contributed by atoms with van der Waals surface area (Å²) >= 11 is 0. The summed E-state index contributed by atoms with van der Waals surface area (Å²) < 4.78 is 5.64. The van der Waals surface area contributed by atoms with Crippen LogP contribution in [0.3, 0.4) is 0 Å². The van der Waals surface area contributed by atoms with Crippen molar-refractivity contribution in [1.29, 1.82) is 0 Å². The average Bonchev–Trinajstić information content (AvgIpc) is 2.45. The van der Waals surface area contributed by atoms with Gasteiger partial charge in [-0.3, -0.25) is 4.79 Å². The van der Waals surface area contributed by atoms with Crippen molar-refractivity contribution >= 4 is 6.29 Å². The summed E-state index contributed by atoms with van der Waals surface area (Å²) in [7, 11) is 0. The first-order chi connectivity index (χ1) is 9.49. The third kappa shape index (κ3) is 3.67. The van der Waals surface area contributed by atoms with E-state index in [9.17, 15) is 4.79 Å². The molecule has 0 atom stereocenters. The normalized spacial score (nSPS) is 11.2. The molecular weight excluding hydrogens is 250 g/mol. The molecule has 0 amide bonds. The molecule has 20 heavy (non-hydrogen) atoms. The first-order valence-electron chi connectivity index (χ1n) is 6.62. The van der Waals surface area contributed by atoms with Crippen LogP contribution in [0, 0.1) is 0 Å². The SMILES string of the molecule is CC(C)(C)c1ccc(COc2ccc(C=O)nc2)cc1. The summed E-state index contributed by atoms with van der Waals surface area (Å²) in [5.74, 6) is 0.662. The molecule has 3 nitrogen and oxygen atoms in total. The van der Waals surface area contributed by atoms with E-state index in [-0.39, 0.29) is 5.41 Å². The molecule has 104 valence electrons. The number of hydrogen-bond acceptors (Lipinski definition) is 3. The van der Waals surface area contributed by atoms with Crippen molar-refractivity contribution in [2.75, 3.05) is 0 Å². The lowest BCUT2D eigenvalue weighted by molar-refractivity contribution is 0.111. The number of carbonyl (C=O) groups excluding carboxylic acids is 1. The summed E-state index contributed by atoms with van der Waals surface area (Å²) in [5.41, 5.74) is 2.98. The Labute approximate surface area is 119 Å². The largest absolute Gasteiger partial charge is 0.487 e. The van der Waals surface area contributed by atoms with Crippen molar-refractivity contribution in [2.24, 2.45) is 0 Å². The lowest BCUT2D eigenvalue weighted by Crippen LogP contribution is -2.10. The smallest absolute Gasteiger partial charge is 0.168 e. The van der Waals surface area contributed by atoms with Gasteiger partial charge in [0.25, 0.3) is 0 Å². The highest BCUT2D eigenvalue weighted by molar-refractivity contribution is 5.71. The van der Waals surface area contributed by atoms with Crippen molar-refractivity contribution < 1.29 is 9.53 Å². The molecule has 0 spiro atoms. The van der Waals surface area contributed by atoms with Gasteiger partial charge in [0.05, 0.1) is 6.20 Å². The molecule has 0 saturated heterocycles. The van der Waals surface area contributed by atoms with Crippen LogP contribution in [0.15, 0.2) is 42.6 Å². The van der Waals surface area contributed by atoms with Gasteiger partial charge < -0.3 is 4.74 Å². The molecule has 1 aromatic heterocycles. The molecule has 1 aromatic carbocycles. The molecule has 0 saturated carbocycles. The van der Waals surface area contributed by atoms with Gasteiger partial charge in [-0.2, -0.15) is 0 Å². The fourth-order valence-electron chi connectivity index (χ4n) is 1.81. The van der Waals surface area contributed by atoms with Crippen LogP contribution in [0.5, 0.6) is 5.75 Å². The lowest BCUT2D eigenvalue weighted by atomic mass is 9.87. The molecule has 2 rings (SSSR count). The van der Waals surface area contributed by atoms with E-state index in [1.807, 2.05) is 0 Å². The van der Waals surface area contributed by atoms with Crippen molar-refractivity contribution in [3.8, 4) is 5.75 Å². The zero-order chi connectivity index (χ0) is 14.6. The van der Waals surface area contributed by atoms with Crippen LogP contribution in [-0.2, 0) is 12.0 Å². The van der Waals surface area contributed by atoms with Gasteiger partial charge >= 0.3 is 0 Å². The third-order valence-electron chi connectivity index (χ3n) is 3.11. The van der Waals surface area contributed by atoms with Gasteiger partial charge in [0.1, 0.15) is 18.1 Å². The molecule has 0 N–H and O–H groups in total. The number of ether oxygens (including phenoxy) is 1. The fourth-order valence-corrected chi connectivity index (χ4v) is 1.81. The van der Waals surface area contributed by atoms with Gasteiger partial charge in [-0.25, -0.2) is 4.98 Å². The maximum atomic E-state index is 10.5. The number of nitrogens with zero attached hydrogens (tertiary/aromatic N) is 1. The second-order valence-electron chi connectivity index (χ2n) is 5.77. The minimum Gasteiger partial charge on any atom is -0.487 e. The van der Waals surface area contributed by atoms with Crippen LogP contribution in [0.4, 0.5) is 0 Å². The molecule has 0 aliphatic rings. The number of benzene rings is 1. The quantitative estimate of drug-likeness (QED) is 0.793. The first kappa shape index (κ1) is 14.3. The highest BCUT2D eigenvalue weighted by Crippen LogP contribution is 2.22. The fraction of sp³-hybridized carbons (Fsp3) is 0.294. The maximum absolute atomic E-state index is 10.5. The Hall–Kier alpha value is -2.16. The molecule has 1 heterocycles. The van der Waals surface area contributed by atoms with E-state index < -0.39 is 0 Å². The number of pyridine rings is 1. The van der Waals surface area contributed by atoms with Crippen molar-refractivity contribution in [1.82, 2.24) is 4.98 Å². The van der Waals surface area contributed by atoms with E-state index >= 15 is 0 Å². The Bertz CT molecular complexity index is 565. The van der Waals surface area contributed by atoms with Crippen LogP contribution in [-0.4, -0.2) is 11.3 Å². The molecule has 0 radical (unpaired) electrons. The van der Waals surface area contributed by atoms with Crippen LogP contribution in [0.25, 0.3) is 0 Å². The predicted octanol–water partition coefficient (Wildman–Crippen LogP) is 3.77. The van der Waals surface area contributed by atoms with E-state index in [4.69, 9.17) is 4.74 Å². The maximum Gasteiger partial charge on any atom is 0.168 e. The lowest BCUT2D eigenvalue weighted by Gasteiger charge is -2.19. The molecule has 3 heteroatoms. The molecule has 0 unspecified atom stereocenters. The van der Waals surface area contributed by atoms with E-state index in [1.54, 1.807) is 18.3 Å². The minimum atomic E-state index is 0.161. The number of hydrogen-bond donors (Lipinski definition) is 0. The minimum absolute atomic E-state index is 0.161. The van der Waals surface area contributed by atoms with Crippen LogP contribution in [0.2, 0.25) is 0 Å². The Morgan fingerprint density at radius 1 is 1.10 bits per heavy atom. The van der Waals surface area contributed by atoms with Crippen LogP contribution in [0.1, 0.15) is 42.4 Å². The molecule has 0 aliphatic heterocycles. The number of aromatic nitrogens is 1. The second-order valence-corrected chi connectivity index (χ2v) is 5.77. The molecular formula is C17H19NO2. The molecule has 0 aliphatic carbocycles. The topological polar surface area (TPSA) is 39.2 Å². The van der Waals surface area contributed by atoms with Gasteiger partial charge in [0, 0.05) is 0 Å². The molecule has 0 fully saturated rings. The van der Waals surface area contributed by atoms with Gasteiger partial charge in [-0.05, 0) is 28.7 Å². The summed E-state index contributed by atoms with van der Waals surface area (Å²) in [6.45, 7) is 7.07. The van der Waals surface area contributed by atoms with E-state index in [0.29, 0.717) is 18.1 Å². The third-order valence-corrected chi connectivity index (χ3v) is 3.11. The summed E-state index contributed by atoms with van der Waals surface area (Å²) in [4.78, 5) is 14.5. The summed E-state index contributed by atoms with van der Waals surface area (Å²) in [6, 6.07) is 11.8. The van der Waals surface area contributed by atoms with Crippen molar-refractivity contribution in [2.45, 2.75) is 32.8 Å². The zero-order valence-electron chi connectivity index (χ0n) is 12.1. The molecule has 0 bridgehead atoms. The zero-order valence-corrected chi connectivity index (χ0v) is 12.1. The van der Waals surface area contributed by atoms with Crippen molar-refractivity contribution in [3.63, 3.8) is 0 Å². The van der Waals surface area contributed by atoms with Gasteiger partial charge in [-0.15, -0.1) is 0 Å². The number of aldehydes is 1. The average molecular weight is 269 g/mol. The Morgan fingerprint density at radius 2 is 1.80 bits per heavy atom. The van der Waals surface area contributed by atoms with E-state index in [0.717, 1.165) is 11.8 Å². The summed E-state index contributed by atoms with van der Waals surface area (Å²) in [5, 5.41) is 0. The number of carbonyl (C=O) groups is 1. The Balaban J connectivity index is 1.98. The van der Waals surface area contributed by atoms with E-state index in [1.165, 1.54) is 5.56 Å². The Morgan fingerprint density at radius 3 is 2.30 bits per heavy atom. The van der Waals surface area contributed by atoms with Gasteiger partial charge in [-0.1, -0.05) is 45.0 Å². The second kappa shape index (κ2) is 5.87. The van der Waals surface area contributed by atoms with Crippen molar-refractivity contribution in [3.05, 3.63) is 59.4 Å². The Kier molecular flexibility index (Phi) is 4.18. The van der Waals surface area contributed by atoms with Crippen LogP contribution >= 0.6 is 0 Å². The monoisotopic (exact) mass is 269 g/mol. The highest BCUT2D eigenvalue weighted by atomic mass is 16.5. The first-order valence-corrected chi connectivity index (χ1v) is 6.62. The summed E-state index contributed by atoms with van der Waals surface area (Å²) in [6.07, 6.45) is 2.28.